The topological polar surface area (TPSA) is 54.9 Å². The van der Waals surface area contributed by atoms with Gasteiger partial charge in [0.1, 0.15) is 5.69 Å². The predicted octanol–water partition coefficient (Wildman–Crippen LogP) is 1.70. The van der Waals surface area contributed by atoms with E-state index in [9.17, 15) is 4.79 Å². The quantitative estimate of drug-likeness (QED) is 0.817. The lowest BCUT2D eigenvalue weighted by molar-refractivity contribution is 0.0929. The van der Waals surface area contributed by atoms with Gasteiger partial charge < -0.3 is 5.32 Å². The molecule has 0 spiro atoms. The largest absolute Gasteiger partial charge is 0.348 e. The van der Waals surface area contributed by atoms with Crippen molar-refractivity contribution in [3.63, 3.8) is 0 Å². The molecule has 15 heavy (non-hydrogen) atoms. The maximum atomic E-state index is 11.7. The normalized spacial score (nSPS) is 10.4. The molecule has 1 N–H and O–H groups in total. The van der Waals surface area contributed by atoms with Gasteiger partial charge in [-0.15, -0.1) is 0 Å². The summed E-state index contributed by atoms with van der Waals surface area (Å²) in [4.78, 5) is 19.7. The Hall–Kier alpha value is -1.45. The summed E-state index contributed by atoms with van der Waals surface area (Å²) in [5, 5.41) is 2.91. The summed E-state index contributed by atoms with van der Waals surface area (Å²) in [7, 11) is 0. The number of rotatable bonds is 4. The van der Waals surface area contributed by atoms with Gasteiger partial charge in [-0.2, -0.15) is 0 Å². The molecule has 4 nitrogen and oxygen atoms in total. The number of hydrogen-bond donors (Lipinski definition) is 1. The van der Waals surface area contributed by atoms with E-state index < -0.39 is 0 Å². The monoisotopic (exact) mass is 207 g/mol. The summed E-state index contributed by atoms with van der Waals surface area (Å²) in [6, 6.07) is 0.223. The third-order valence-corrected chi connectivity index (χ3v) is 2.33. The number of nitrogens with one attached hydrogen (secondary N) is 1. The zero-order valence-electron chi connectivity index (χ0n) is 9.45. The molecule has 1 heterocycles. The van der Waals surface area contributed by atoms with Gasteiger partial charge in [0.25, 0.3) is 5.91 Å². The Morgan fingerprint density at radius 3 is 2.47 bits per heavy atom. The van der Waals surface area contributed by atoms with Crippen LogP contribution in [0.25, 0.3) is 0 Å². The smallest absolute Gasteiger partial charge is 0.271 e. The first-order valence-electron chi connectivity index (χ1n) is 5.26. The van der Waals surface area contributed by atoms with E-state index in [1.54, 1.807) is 6.20 Å². The van der Waals surface area contributed by atoms with Gasteiger partial charge in [-0.1, -0.05) is 13.8 Å². The minimum absolute atomic E-state index is 0.142. The molecule has 0 saturated carbocycles. The zero-order chi connectivity index (χ0) is 11.3. The summed E-state index contributed by atoms with van der Waals surface area (Å²) >= 11 is 0. The van der Waals surface area contributed by atoms with Crippen molar-refractivity contribution in [2.24, 2.45) is 0 Å². The number of carbonyl (C=O) groups is 1. The zero-order valence-corrected chi connectivity index (χ0v) is 9.45. The molecule has 0 bridgehead atoms. The minimum Gasteiger partial charge on any atom is -0.348 e. The minimum atomic E-state index is -0.142. The molecule has 0 atom stereocenters. The molecule has 0 aliphatic heterocycles. The first-order valence-corrected chi connectivity index (χ1v) is 5.26. The summed E-state index contributed by atoms with van der Waals surface area (Å²) in [6.07, 6.45) is 4.97. The lowest BCUT2D eigenvalue weighted by atomic mass is 10.1. The fourth-order valence-corrected chi connectivity index (χ4v) is 1.26. The van der Waals surface area contributed by atoms with Crippen LogP contribution in [0.3, 0.4) is 0 Å². The first kappa shape index (κ1) is 11.6. The highest BCUT2D eigenvalue weighted by atomic mass is 16.1. The van der Waals surface area contributed by atoms with Crippen molar-refractivity contribution in [1.29, 1.82) is 0 Å². The second-order valence-electron chi connectivity index (χ2n) is 3.53. The van der Waals surface area contributed by atoms with E-state index in [0.29, 0.717) is 5.69 Å². The predicted molar refractivity (Wildman–Crippen MR) is 58.6 cm³/mol. The summed E-state index contributed by atoms with van der Waals surface area (Å²) < 4.78 is 0. The number of aromatic nitrogens is 2. The highest BCUT2D eigenvalue weighted by Crippen LogP contribution is 1.99. The Morgan fingerprint density at radius 2 is 2.00 bits per heavy atom. The van der Waals surface area contributed by atoms with E-state index in [-0.39, 0.29) is 11.9 Å². The molecule has 0 aromatic carbocycles. The number of hydrogen-bond acceptors (Lipinski definition) is 3. The Balaban J connectivity index is 2.64. The third kappa shape index (κ3) is 3.31. The summed E-state index contributed by atoms with van der Waals surface area (Å²) in [6.45, 7) is 5.94. The van der Waals surface area contributed by atoms with Crippen molar-refractivity contribution >= 4 is 5.91 Å². The van der Waals surface area contributed by atoms with Crippen LogP contribution in [0.15, 0.2) is 12.4 Å². The molecule has 1 aromatic rings. The third-order valence-electron chi connectivity index (χ3n) is 2.33. The Labute approximate surface area is 90.1 Å². The molecule has 0 aliphatic rings. The molecule has 0 radical (unpaired) electrons. The summed E-state index contributed by atoms with van der Waals surface area (Å²) in [5.41, 5.74) is 1.20. The molecule has 82 valence electrons. The van der Waals surface area contributed by atoms with E-state index >= 15 is 0 Å². The fourth-order valence-electron chi connectivity index (χ4n) is 1.26. The second kappa shape index (κ2) is 5.44. The highest BCUT2D eigenvalue weighted by molar-refractivity contribution is 5.92. The second-order valence-corrected chi connectivity index (χ2v) is 3.53. The fraction of sp³-hybridized carbons (Fsp3) is 0.545. The number of carbonyl (C=O) groups excluding carboxylic acids is 1. The Bertz CT molecular complexity index is 317. The Kier molecular flexibility index (Phi) is 4.21. The van der Waals surface area contributed by atoms with E-state index in [2.05, 4.69) is 29.1 Å². The number of amides is 1. The van der Waals surface area contributed by atoms with E-state index in [1.165, 1.54) is 6.20 Å². The molecule has 1 rings (SSSR count). The molecule has 0 aliphatic carbocycles. The average Bonchev–Trinajstić information content (AvgIpc) is 2.26. The maximum absolute atomic E-state index is 11.7. The first-order chi connectivity index (χ1) is 7.17. The van der Waals surface area contributed by atoms with Crippen LogP contribution in [-0.2, 0) is 0 Å². The number of aryl methyl sites for hydroxylation is 1. The Morgan fingerprint density at radius 1 is 1.33 bits per heavy atom. The van der Waals surface area contributed by atoms with Gasteiger partial charge in [0.15, 0.2) is 0 Å². The van der Waals surface area contributed by atoms with Crippen LogP contribution in [0, 0.1) is 6.92 Å². The van der Waals surface area contributed by atoms with Crippen LogP contribution in [-0.4, -0.2) is 21.9 Å². The van der Waals surface area contributed by atoms with Gasteiger partial charge in [-0.25, -0.2) is 4.98 Å². The number of nitrogens with zero attached hydrogens (tertiary/aromatic N) is 2. The van der Waals surface area contributed by atoms with E-state index in [4.69, 9.17) is 0 Å². The summed E-state index contributed by atoms with van der Waals surface area (Å²) in [5.74, 6) is -0.142. The standard InChI is InChI=1S/C11H17N3O/c1-4-9(5-2)14-11(15)10-7-12-8(3)6-13-10/h6-7,9H,4-5H2,1-3H3,(H,14,15). The lowest BCUT2D eigenvalue weighted by Crippen LogP contribution is -2.34. The van der Waals surface area contributed by atoms with Crippen molar-refractivity contribution in [2.45, 2.75) is 39.7 Å². The van der Waals surface area contributed by atoms with Gasteiger partial charge in [-0.05, 0) is 19.8 Å². The van der Waals surface area contributed by atoms with Crippen LogP contribution in [0.1, 0.15) is 42.9 Å². The molecular weight excluding hydrogens is 190 g/mol. The average molecular weight is 207 g/mol. The van der Waals surface area contributed by atoms with Crippen LogP contribution in [0.5, 0.6) is 0 Å². The molecular formula is C11H17N3O. The van der Waals surface area contributed by atoms with Crippen LogP contribution in [0.4, 0.5) is 0 Å². The maximum Gasteiger partial charge on any atom is 0.271 e. The molecule has 1 amide bonds. The van der Waals surface area contributed by atoms with Crippen LogP contribution in [0.2, 0.25) is 0 Å². The molecule has 1 aromatic heterocycles. The molecule has 0 unspecified atom stereocenters. The molecule has 0 saturated heterocycles. The lowest BCUT2D eigenvalue weighted by Gasteiger charge is -2.13. The van der Waals surface area contributed by atoms with Gasteiger partial charge in [0, 0.05) is 12.2 Å². The van der Waals surface area contributed by atoms with Crippen molar-refractivity contribution in [1.82, 2.24) is 15.3 Å². The van der Waals surface area contributed by atoms with Crippen molar-refractivity contribution in [2.75, 3.05) is 0 Å². The van der Waals surface area contributed by atoms with Gasteiger partial charge in [0.2, 0.25) is 0 Å². The van der Waals surface area contributed by atoms with Gasteiger partial charge in [0.05, 0.1) is 11.9 Å². The van der Waals surface area contributed by atoms with Crippen molar-refractivity contribution in [3.05, 3.63) is 23.8 Å². The SMILES string of the molecule is CCC(CC)NC(=O)c1cnc(C)cn1. The highest BCUT2D eigenvalue weighted by Gasteiger charge is 2.11. The van der Waals surface area contributed by atoms with Crippen molar-refractivity contribution < 1.29 is 4.79 Å². The van der Waals surface area contributed by atoms with Crippen LogP contribution < -0.4 is 5.32 Å². The molecule has 4 heteroatoms. The van der Waals surface area contributed by atoms with E-state index in [1.807, 2.05) is 6.92 Å². The van der Waals surface area contributed by atoms with Crippen molar-refractivity contribution in [3.8, 4) is 0 Å². The van der Waals surface area contributed by atoms with Crippen LogP contribution >= 0.6 is 0 Å². The molecule has 0 fully saturated rings. The van der Waals surface area contributed by atoms with E-state index in [0.717, 1.165) is 18.5 Å². The van der Waals surface area contributed by atoms with Gasteiger partial charge in [-0.3, -0.25) is 9.78 Å². The van der Waals surface area contributed by atoms with Gasteiger partial charge >= 0.3 is 0 Å².